The monoisotopic (exact) mass is 638 g/mol. The van der Waals surface area contributed by atoms with Gasteiger partial charge in [0.25, 0.3) is 0 Å². The number of hydrogen-bond acceptors (Lipinski definition) is 6. The maximum Gasteiger partial charge on any atom is 0.166 e. The van der Waals surface area contributed by atoms with E-state index >= 15 is 0 Å². The fourth-order valence-corrected chi connectivity index (χ4v) is 14.1. The lowest BCUT2D eigenvalue weighted by Gasteiger charge is -2.46. The van der Waals surface area contributed by atoms with Crippen molar-refractivity contribution in [2.45, 2.75) is 33.2 Å². The molecule has 3 aromatic rings. The predicted molar refractivity (Wildman–Crippen MR) is 210 cm³/mol. The van der Waals surface area contributed by atoms with Crippen LogP contribution in [0.15, 0.2) is 76.9 Å². The zero-order chi connectivity index (χ0) is 34.4. The Morgan fingerprint density at radius 1 is 0.391 bits per heavy atom. The number of allylic oxidation sites excluding steroid dienone is 4. The van der Waals surface area contributed by atoms with Crippen LogP contribution in [-0.2, 0) is 0 Å². The number of nitrogens with zero attached hydrogens (tertiary/aromatic N) is 6. The quantitative estimate of drug-likeness (QED) is 0.211. The predicted octanol–water partition coefficient (Wildman–Crippen LogP) is 5.61. The molecule has 1 aliphatic rings. The maximum atomic E-state index is 2.47. The van der Waals surface area contributed by atoms with Crippen LogP contribution in [0.2, 0.25) is 5.54 Å². The summed E-state index contributed by atoms with van der Waals surface area (Å²) in [4.78, 5) is 13.7. The minimum Gasteiger partial charge on any atom is -0.378 e. The Kier molecular flexibility index (Phi) is 9.98. The summed E-state index contributed by atoms with van der Waals surface area (Å²) in [5.74, 6) is 0. The first-order valence-electron chi connectivity index (χ1n) is 16.3. The summed E-state index contributed by atoms with van der Waals surface area (Å²) in [6.07, 6.45) is 0. The molecule has 0 saturated heterocycles. The molecule has 0 saturated carbocycles. The first kappa shape index (κ1) is 35.0. The molecule has 0 atom stereocenters. The number of anilines is 6. The van der Waals surface area contributed by atoms with Gasteiger partial charge < -0.3 is 29.4 Å². The Bertz CT molecular complexity index is 1480. The number of hydrogen-bond donors (Lipinski definition) is 0. The third kappa shape index (κ3) is 5.79. The molecule has 0 spiro atoms. The van der Waals surface area contributed by atoms with Crippen LogP contribution in [0.5, 0.6) is 0 Å². The average molecular weight is 639 g/mol. The standard InChI is InChI=1S/C39H58N6Si/c1-26-27(2)29(4)39(28(26)3)46(36-20-17-30(40(5)6)23-33(36)43(11)12,37-21-18-31(41(7)8)24-34(37)44(13)14)38-22-19-32(42(9)10)25-35(38)45(15)16/h17-25,39H,1-16H3. The van der Waals surface area contributed by atoms with Crippen LogP contribution >= 0.6 is 0 Å². The van der Waals surface area contributed by atoms with Gasteiger partial charge >= 0.3 is 0 Å². The Balaban J connectivity index is 2.41. The van der Waals surface area contributed by atoms with Crippen molar-refractivity contribution in [1.29, 1.82) is 0 Å². The molecule has 3 aromatic carbocycles. The van der Waals surface area contributed by atoms with Crippen molar-refractivity contribution >= 4 is 57.8 Å². The highest BCUT2D eigenvalue weighted by atomic mass is 28.3. The SMILES string of the molecule is CC1=C(C)C([Si](c2ccc(N(C)C)cc2N(C)C)(c2ccc(N(C)C)cc2N(C)C)c2ccc(N(C)C)cc2N(C)C)C(C)=C1C. The fourth-order valence-electron chi connectivity index (χ4n) is 7.41. The highest BCUT2D eigenvalue weighted by molar-refractivity contribution is 7.15. The summed E-state index contributed by atoms with van der Waals surface area (Å²) < 4.78 is 0. The zero-order valence-corrected chi connectivity index (χ0v) is 32.5. The van der Waals surface area contributed by atoms with E-state index in [0.717, 1.165) is 0 Å². The van der Waals surface area contributed by atoms with E-state index in [1.807, 2.05) is 0 Å². The summed E-state index contributed by atoms with van der Waals surface area (Å²) in [6, 6.07) is 21.6. The summed E-state index contributed by atoms with van der Waals surface area (Å²) in [5, 5.41) is 4.32. The van der Waals surface area contributed by atoms with Gasteiger partial charge in [-0.3, -0.25) is 0 Å². The first-order valence-corrected chi connectivity index (χ1v) is 18.4. The van der Waals surface area contributed by atoms with Gasteiger partial charge in [0, 0.05) is 124 Å². The van der Waals surface area contributed by atoms with Crippen LogP contribution in [0.25, 0.3) is 0 Å². The molecule has 0 radical (unpaired) electrons. The Hall–Kier alpha value is -3.84. The molecule has 0 heterocycles. The van der Waals surface area contributed by atoms with E-state index in [2.05, 4.69) is 196 Å². The molecular weight excluding hydrogens is 581 g/mol. The van der Waals surface area contributed by atoms with Crippen molar-refractivity contribution in [3.8, 4) is 0 Å². The lowest BCUT2D eigenvalue weighted by atomic mass is 10.1. The van der Waals surface area contributed by atoms with Gasteiger partial charge in [-0.25, -0.2) is 0 Å². The van der Waals surface area contributed by atoms with Crippen LogP contribution in [0, 0.1) is 0 Å². The van der Waals surface area contributed by atoms with Crippen molar-refractivity contribution in [1.82, 2.24) is 0 Å². The Morgan fingerprint density at radius 2 is 0.652 bits per heavy atom. The molecule has 1 aliphatic carbocycles. The molecule has 7 heteroatoms. The van der Waals surface area contributed by atoms with E-state index in [1.165, 1.54) is 72.0 Å². The van der Waals surface area contributed by atoms with Crippen LogP contribution in [0.1, 0.15) is 27.7 Å². The highest BCUT2D eigenvalue weighted by Crippen LogP contribution is 2.49. The molecule has 6 nitrogen and oxygen atoms in total. The van der Waals surface area contributed by atoms with Crippen LogP contribution in [-0.4, -0.2) is 92.6 Å². The van der Waals surface area contributed by atoms with Crippen LogP contribution in [0.3, 0.4) is 0 Å². The van der Waals surface area contributed by atoms with Gasteiger partial charge in [-0.2, -0.15) is 0 Å². The molecule has 0 amide bonds. The van der Waals surface area contributed by atoms with Gasteiger partial charge in [0.15, 0.2) is 8.07 Å². The smallest absolute Gasteiger partial charge is 0.166 e. The summed E-state index contributed by atoms with van der Waals surface area (Å²) in [6.45, 7) is 9.47. The third-order valence-electron chi connectivity index (χ3n) is 10.3. The van der Waals surface area contributed by atoms with E-state index < -0.39 is 8.07 Å². The second kappa shape index (κ2) is 13.1. The van der Waals surface area contributed by atoms with Crippen molar-refractivity contribution < 1.29 is 0 Å². The van der Waals surface area contributed by atoms with E-state index in [-0.39, 0.29) is 5.54 Å². The molecular formula is C39H58N6Si. The molecule has 46 heavy (non-hydrogen) atoms. The summed E-state index contributed by atoms with van der Waals surface area (Å²) >= 11 is 0. The number of benzene rings is 3. The molecule has 0 fully saturated rings. The van der Waals surface area contributed by atoms with Crippen molar-refractivity contribution in [3.63, 3.8) is 0 Å². The molecule has 0 unspecified atom stereocenters. The molecule has 4 rings (SSSR count). The van der Waals surface area contributed by atoms with Gasteiger partial charge in [0.05, 0.1) is 0 Å². The maximum absolute atomic E-state index is 2.99. The third-order valence-corrected chi connectivity index (χ3v) is 15.8. The molecule has 248 valence electrons. The van der Waals surface area contributed by atoms with Crippen molar-refractivity contribution in [2.75, 3.05) is 114 Å². The molecule has 0 bridgehead atoms. The summed E-state index contributed by atoms with van der Waals surface area (Å²) in [7, 11) is 23.1. The van der Waals surface area contributed by atoms with Crippen molar-refractivity contribution in [2.24, 2.45) is 0 Å². The first-order chi connectivity index (χ1) is 21.5. The molecule has 0 aliphatic heterocycles. The average Bonchev–Trinajstić information content (AvgIpc) is 3.19. The normalized spacial score (nSPS) is 13.8. The highest BCUT2D eigenvalue weighted by Gasteiger charge is 2.54. The fraction of sp³-hybridized carbons (Fsp3) is 0.436. The second-order valence-corrected chi connectivity index (χ2v) is 18.1. The Labute approximate surface area is 281 Å². The van der Waals surface area contributed by atoms with E-state index in [9.17, 15) is 0 Å². The Morgan fingerprint density at radius 3 is 0.870 bits per heavy atom. The van der Waals surface area contributed by atoms with Gasteiger partial charge in [-0.15, -0.1) is 0 Å². The van der Waals surface area contributed by atoms with E-state index in [4.69, 9.17) is 0 Å². The van der Waals surface area contributed by atoms with Gasteiger partial charge in [-0.05, 0) is 90.8 Å². The minimum atomic E-state index is -2.99. The zero-order valence-electron chi connectivity index (χ0n) is 31.5. The molecule has 0 N–H and O–H groups in total. The lowest BCUT2D eigenvalue weighted by Crippen LogP contribution is -2.72. The van der Waals surface area contributed by atoms with Gasteiger partial charge in [-0.1, -0.05) is 29.3 Å². The van der Waals surface area contributed by atoms with Crippen LogP contribution < -0.4 is 45.0 Å². The van der Waals surface area contributed by atoms with Gasteiger partial charge in [0.2, 0.25) is 0 Å². The largest absolute Gasteiger partial charge is 0.378 e. The topological polar surface area (TPSA) is 19.4 Å². The molecule has 0 aromatic heterocycles. The van der Waals surface area contributed by atoms with Crippen LogP contribution in [0.4, 0.5) is 34.1 Å². The van der Waals surface area contributed by atoms with Crippen molar-refractivity contribution in [3.05, 3.63) is 76.9 Å². The lowest BCUT2D eigenvalue weighted by molar-refractivity contribution is 1.07. The van der Waals surface area contributed by atoms with E-state index in [1.54, 1.807) is 0 Å². The second-order valence-electron chi connectivity index (χ2n) is 14.3. The minimum absolute atomic E-state index is 0.240. The number of rotatable bonds is 10. The summed E-state index contributed by atoms with van der Waals surface area (Å²) in [5.41, 5.74) is 13.6. The van der Waals surface area contributed by atoms with E-state index in [0.29, 0.717) is 0 Å². The van der Waals surface area contributed by atoms with Gasteiger partial charge in [0.1, 0.15) is 0 Å².